The third-order valence-electron chi connectivity index (χ3n) is 3.50. The van der Waals surface area contributed by atoms with Gasteiger partial charge in [-0.05, 0) is 31.0 Å². The van der Waals surface area contributed by atoms with Crippen LogP contribution in [0.4, 0.5) is 0 Å². The summed E-state index contributed by atoms with van der Waals surface area (Å²) >= 11 is 0. The van der Waals surface area contributed by atoms with Crippen LogP contribution in [0.3, 0.4) is 0 Å². The number of carbonyl (C=O) groups is 1. The Kier molecular flexibility index (Phi) is 4.42. The number of hydrogen-bond donors (Lipinski definition) is 1. The summed E-state index contributed by atoms with van der Waals surface area (Å²) in [4.78, 5) is 16.2. The zero-order chi connectivity index (χ0) is 16.1. The third-order valence-corrected chi connectivity index (χ3v) is 3.50. The number of amides is 1. The molecule has 3 rings (SSSR count). The van der Waals surface area contributed by atoms with E-state index in [1.54, 1.807) is 24.5 Å². The minimum Gasteiger partial charge on any atom is -0.350 e. The van der Waals surface area contributed by atoms with E-state index in [1.165, 1.54) is 5.56 Å². The molecule has 116 valence electrons. The fraction of sp³-hybridized carbons (Fsp3) is 0.176. The van der Waals surface area contributed by atoms with Gasteiger partial charge in [0.15, 0.2) is 11.5 Å². The Balaban J connectivity index is 1.59. The molecule has 6 heteroatoms. The van der Waals surface area contributed by atoms with E-state index in [0.717, 1.165) is 12.2 Å². The van der Waals surface area contributed by atoms with Gasteiger partial charge in [-0.15, -0.1) is 10.2 Å². The van der Waals surface area contributed by atoms with Crippen LogP contribution >= 0.6 is 0 Å². The van der Waals surface area contributed by atoms with Crippen molar-refractivity contribution in [2.75, 3.05) is 6.54 Å². The molecule has 6 nitrogen and oxygen atoms in total. The zero-order valence-corrected chi connectivity index (χ0v) is 12.8. The summed E-state index contributed by atoms with van der Waals surface area (Å²) in [7, 11) is 0. The van der Waals surface area contributed by atoms with Crippen molar-refractivity contribution in [2.24, 2.45) is 0 Å². The van der Waals surface area contributed by atoms with Crippen LogP contribution in [0.1, 0.15) is 21.9 Å². The Hall–Kier alpha value is -3.02. The van der Waals surface area contributed by atoms with E-state index in [0.29, 0.717) is 18.1 Å². The van der Waals surface area contributed by atoms with Gasteiger partial charge < -0.3 is 5.32 Å². The molecular formula is C17H17N5O. The summed E-state index contributed by atoms with van der Waals surface area (Å²) in [5, 5.41) is 10.9. The molecule has 0 aliphatic rings. The molecule has 0 unspecified atom stereocenters. The SMILES string of the molecule is Cc1nccn1-c1ccc(C(=O)NCCc2ccccc2)nn1. The molecule has 0 radical (unpaired) electrons. The first kappa shape index (κ1) is 14.9. The van der Waals surface area contributed by atoms with Gasteiger partial charge in [-0.25, -0.2) is 4.98 Å². The van der Waals surface area contributed by atoms with Crippen molar-refractivity contribution in [3.63, 3.8) is 0 Å². The van der Waals surface area contributed by atoms with Crippen LogP contribution in [-0.2, 0) is 6.42 Å². The van der Waals surface area contributed by atoms with Crippen molar-refractivity contribution in [3.05, 3.63) is 71.9 Å². The van der Waals surface area contributed by atoms with Crippen LogP contribution in [0.2, 0.25) is 0 Å². The number of rotatable bonds is 5. The van der Waals surface area contributed by atoms with E-state index in [4.69, 9.17) is 0 Å². The number of nitrogens with zero attached hydrogens (tertiary/aromatic N) is 4. The van der Waals surface area contributed by atoms with E-state index >= 15 is 0 Å². The fourth-order valence-corrected chi connectivity index (χ4v) is 2.25. The minimum atomic E-state index is -0.220. The van der Waals surface area contributed by atoms with Crippen LogP contribution in [0, 0.1) is 6.92 Å². The van der Waals surface area contributed by atoms with E-state index in [2.05, 4.69) is 20.5 Å². The van der Waals surface area contributed by atoms with Crippen molar-refractivity contribution >= 4 is 5.91 Å². The highest BCUT2D eigenvalue weighted by Gasteiger charge is 2.09. The Bertz CT molecular complexity index is 780. The smallest absolute Gasteiger partial charge is 0.271 e. The Morgan fingerprint density at radius 1 is 1.13 bits per heavy atom. The molecule has 23 heavy (non-hydrogen) atoms. The van der Waals surface area contributed by atoms with Gasteiger partial charge in [-0.2, -0.15) is 0 Å². The molecule has 0 saturated heterocycles. The maximum absolute atomic E-state index is 12.1. The van der Waals surface area contributed by atoms with E-state index in [-0.39, 0.29) is 5.91 Å². The molecule has 0 atom stereocenters. The molecule has 1 N–H and O–H groups in total. The van der Waals surface area contributed by atoms with Gasteiger partial charge in [0.05, 0.1) is 0 Å². The molecule has 0 fully saturated rings. The summed E-state index contributed by atoms with van der Waals surface area (Å²) in [5.74, 6) is 1.24. The first-order valence-corrected chi connectivity index (χ1v) is 7.40. The lowest BCUT2D eigenvalue weighted by molar-refractivity contribution is 0.0948. The van der Waals surface area contributed by atoms with Gasteiger partial charge >= 0.3 is 0 Å². The second-order valence-corrected chi connectivity index (χ2v) is 5.11. The normalized spacial score (nSPS) is 10.5. The summed E-state index contributed by atoms with van der Waals surface area (Å²) in [6, 6.07) is 13.4. The maximum atomic E-state index is 12.1. The Morgan fingerprint density at radius 2 is 1.96 bits per heavy atom. The lowest BCUT2D eigenvalue weighted by Gasteiger charge is -2.06. The number of aryl methyl sites for hydroxylation is 1. The Morgan fingerprint density at radius 3 is 2.61 bits per heavy atom. The second kappa shape index (κ2) is 6.83. The topological polar surface area (TPSA) is 72.7 Å². The summed E-state index contributed by atoms with van der Waals surface area (Å²) < 4.78 is 1.81. The standard InChI is InChI=1S/C17H17N5O/c1-13-18-11-12-22(13)16-8-7-15(20-21-16)17(23)19-10-9-14-5-3-2-4-6-14/h2-8,11-12H,9-10H2,1H3,(H,19,23). The van der Waals surface area contributed by atoms with E-state index in [9.17, 15) is 4.79 Å². The summed E-state index contributed by atoms with van der Waals surface area (Å²) in [5.41, 5.74) is 1.49. The zero-order valence-electron chi connectivity index (χ0n) is 12.8. The highest BCUT2D eigenvalue weighted by Crippen LogP contribution is 2.06. The average molecular weight is 307 g/mol. The monoisotopic (exact) mass is 307 g/mol. The molecule has 0 aliphatic carbocycles. The predicted octanol–water partition coefficient (Wildman–Crippen LogP) is 1.94. The quantitative estimate of drug-likeness (QED) is 0.782. The summed E-state index contributed by atoms with van der Waals surface area (Å²) in [6.45, 7) is 2.44. The Labute approximate surface area is 134 Å². The number of carbonyl (C=O) groups excluding carboxylic acids is 1. The predicted molar refractivity (Wildman–Crippen MR) is 86.4 cm³/mol. The molecule has 2 heterocycles. The molecule has 0 aliphatic heterocycles. The highest BCUT2D eigenvalue weighted by atomic mass is 16.1. The van der Waals surface area contributed by atoms with Gasteiger partial charge in [0.25, 0.3) is 5.91 Å². The van der Waals surface area contributed by atoms with Crippen LogP contribution < -0.4 is 5.32 Å². The molecular weight excluding hydrogens is 290 g/mol. The first-order valence-electron chi connectivity index (χ1n) is 7.40. The van der Waals surface area contributed by atoms with Crippen LogP contribution in [0.5, 0.6) is 0 Å². The van der Waals surface area contributed by atoms with Gasteiger partial charge in [0.2, 0.25) is 0 Å². The van der Waals surface area contributed by atoms with E-state index in [1.807, 2.05) is 41.8 Å². The van der Waals surface area contributed by atoms with Crippen LogP contribution in [0.25, 0.3) is 5.82 Å². The van der Waals surface area contributed by atoms with Crippen molar-refractivity contribution in [1.29, 1.82) is 0 Å². The molecule has 0 saturated carbocycles. The number of aromatic nitrogens is 4. The van der Waals surface area contributed by atoms with Crippen molar-refractivity contribution in [3.8, 4) is 5.82 Å². The average Bonchev–Trinajstić information content (AvgIpc) is 3.02. The van der Waals surface area contributed by atoms with Gasteiger partial charge in [-0.1, -0.05) is 30.3 Å². The van der Waals surface area contributed by atoms with Gasteiger partial charge in [0, 0.05) is 18.9 Å². The third kappa shape index (κ3) is 3.60. The maximum Gasteiger partial charge on any atom is 0.271 e. The van der Waals surface area contributed by atoms with E-state index < -0.39 is 0 Å². The molecule has 1 aromatic carbocycles. The number of imidazole rings is 1. The lowest BCUT2D eigenvalue weighted by Crippen LogP contribution is -2.26. The molecule has 0 spiro atoms. The largest absolute Gasteiger partial charge is 0.350 e. The molecule has 1 amide bonds. The van der Waals surface area contributed by atoms with Gasteiger partial charge in [-0.3, -0.25) is 9.36 Å². The van der Waals surface area contributed by atoms with Crippen LogP contribution in [-0.4, -0.2) is 32.2 Å². The molecule has 3 aromatic rings. The van der Waals surface area contributed by atoms with Crippen LogP contribution in [0.15, 0.2) is 54.9 Å². The number of benzene rings is 1. The molecule has 0 bridgehead atoms. The summed E-state index contributed by atoms with van der Waals surface area (Å²) in [6.07, 6.45) is 4.28. The minimum absolute atomic E-state index is 0.220. The van der Waals surface area contributed by atoms with Crippen molar-refractivity contribution in [2.45, 2.75) is 13.3 Å². The highest BCUT2D eigenvalue weighted by molar-refractivity contribution is 5.92. The lowest BCUT2D eigenvalue weighted by atomic mass is 10.1. The fourth-order valence-electron chi connectivity index (χ4n) is 2.25. The number of nitrogens with one attached hydrogen (secondary N) is 1. The second-order valence-electron chi connectivity index (χ2n) is 5.11. The van der Waals surface area contributed by atoms with Gasteiger partial charge in [0.1, 0.15) is 5.82 Å². The first-order chi connectivity index (χ1) is 11.2. The number of hydrogen-bond acceptors (Lipinski definition) is 4. The molecule has 2 aromatic heterocycles. The van der Waals surface area contributed by atoms with Crippen molar-refractivity contribution in [1.82, 2.24) is 25.1 Å². The van der Waals surface area contributed by atoms with Crippen molar-refractivity contribution < 1.29 is 4.79 Å².